The number of rotatable bonds is 10. The van der Waals surface area contributed by atoms with Gasteiger partial charge in [0, 0.05) is 36.7 Å². The molecule has 5 fully saturated rings. The summed E-state index contributed by atoms with van der Waals surface area (Å²) in [6.45, 7) is 7.08. The van der Waals surface area contributed by atoms with Crippen molar-refractivity contribution in [2.75, 3.05) is 13.6 Å². The van der Waals surface area contributed by atoms with Crippen molar-refractivity contribution < 1.29 is 13.6 Å². The molecule has 4 aromatic rings. The fraction of sp³-hybridized carbons (Fsp3) is 0.595. The lowest BCUT2D eigenvalue weighted by Gasteiger charge is -2.57. The van der Waals surface area contributed by atoms with Gasteiger partial charge in [0.25, 0.3) is 0 Å². The Morgan fingerprint density at radius 2 is 1.69 bits per heavy atom. The third-order valence-corrected chi connectivity index (χ3v) is 12.4. The summed E-state index contributed by atoms with van der Waals surface area (Å²) in [4.78, 5) is 25.6. The average molecular weight is 663 g/mol. The number of carbonyl (C=O) groups is 1. The quantitative estimate of drug-likeness (QED) is 0.158. The van der Waals surface area contributed by atoms with Gasteiger partial charge in [-0.25, -0.2) is 9.97 Å². The molecule has 10 rings (SSSR count). The normalized spacial score (nSPS) is 26.2. The summed E-state index contributed by atoms with van der Waals surface area (Å²) in [5.74, 6) is 7.49. The van der Waals surface area contributed by atoms with E-state index in [9.17, 15) is 4.79 Å². The zero-order valence-electron chi connectivity index (χ0n) is 29.8. The van der Waals surface area contributed by atoms with E-state index in [0.717, 1.165) is 103 Å². The van der Waals surface area contributed by atoms with Gasteiger partial charge in [-0.05, 0) is 133 Å². The van der Waals surface area contributed by atoms with Crippen molar-refractivity contribution >= 4 is 5.78 Å². The van der Waals surface area contributed by atoms with Crippen LogP contribution in [0.15, 0.2) is 57.6 Å². The Hall–Kier alpha value is -3.45. The Bertz CT molecular complexity index is 1680. The van der Waals surface area contributed by atoms with Gasteiger partial charge < -0.3 is 13.4 Å². The molecule has 5 saturated carbocycles. The first-order chi connectivity index (χ1) is 23.8. The van der Waals surface area contributed by atoms with E-state index < -0.39 is 0 Å². The first kappa shape index (κ1) is 32.7. The van der Waals surface area contributed by atoms with E-state index in [0.29, 0.717) is 23.4 Å². The molecular formula is C42H54N4O3. The Morgan fingerprint density at radius 3 is 2.33 bits per heavy atom. The molecule has 4 heterocycles. The van der Waals surface area contributed by atoms with E-state index in [1.807, 2.05) is 44.2 Å². The van der Waals surface area contributed by atoms with Crippen LogP contribution < -0.4 is 0 Å². The number of ketones is 1. The number of carbonyl (C=O) groups excluding carboxylic acids is 1. The van der Waals surface area contributed by atoms with Gasteiger partial charge in [-0.3, -0.25) is 9.69 Å². The molecule has 260 valence electrons. The number of fused-ring (bicyclic) bond motifs is 1. The second-order valence-electron chi connectivity index (χ2n) is 16.5. The number of imidazole rings is 1. The number of hydrogen-bond acceptors (Lipinski definition) is 6. The molecule has 3 aromatic heterocycles. The molecule has 1 unspecified atom stereocenters. The lowest BCUT2D eigenvalue weighted by atomic mass is 9.49. The number of furan rings is 1. The van der Waals surface area contributed by atoms with Crippen LogP contribution in [0.3, 0.4) is 0 Å². The van der Waals surface area contributed by atoms with Crippen LogP contribution in [-0.2, 0) is 25.9 Å². The van der Waals surface area contributed by atoms with Crippen molar-refractivity contribution in [1.29, 1.82) is 0 Å². The van der Waals surface area contributed by atoms with Crippen molar-refractivity contribution in [3.8, 4) is 11.4 Å². The molecule has 7 heteroatoms. The van der Waals surface area contributed by atoms with Crippen LogP contribution in [-0.4, -0.2) is 38.8 Å². The largest absolute Gasteiger partial charge is 0.469 e. The Labute approximate surface area is 291 Å². The zero-order chi connectivity index (χ0) is 33.5. The lowest BCUT2D eigenvalue weighted by Crippen LogP contribution is -2.50. The number of Topliss-reactive ketones (excluding diaryl/α,β-unsaturated/α-hetero) is 1. The Morgan fingerprint density at radius 1 is 0.959 bits per heavy atom. The van der Waals surface area contributed by atoms with E-state index in [-0.39, 0.29) is 11.7 Å². The maximum atomic E-state index is 13.7. The van der Waals surface area contributed by atoms with E-state index in [1.165, 1.54) is 51.5 Å². The lowest BCUT2D eigenvalue weighted by molar-refractivity contribution is -0.0676. The van der Waals surface area contributed by atoms with Crippen molar-refractivity contribution in [3.63, 3.8) is 0 Å². The minimum absolute atomic E-state index is 0.0161. The van der Waals surface area contributed by atoms with Crippen LogP contribution in [0.25, 0.3) is 11.4 Å². The fourth-order valence-corrected chi connectivity index (χ4v) is 10.5. The molecule has 0 N–H and O–H groups in total. The van der Waals surface area contributed by atoms with Gasteiger partial charge in [0.1, 0.15) is 23.0 Å². The van der Waals surface area contributed by atoms with Gasteiger partial charge in [-0.2, -0.15) is 0 Å². The Balaban J connectivity index is 0.000000148. The second-order valence-corrected chi connectivity index (χ2v) is 16.5. The predicted octanol–water partition coefficient (Wildman–Crippen LogP) is 9.26. The molecule has 1 aromatic carbocycles. The van der Waals surface area contributed by atoms with Crippen molar-refractivity contribution in [1.82, 2.24) is 19.4 Å². The van der Waals surface area contributed by atoms with E-state index in [1.54, 1.807) is 6.26 Å². The summed E-state index contributed by atoms with van der Waals surface area (Å²) in [7, 11) is 2.24. The molecule has 0 amide bonds. The molecule has 7 nitrogen and oxygen atoms in total. The molecule has 0 radical (unpaired) electrons. The number of hydrogen-bond donors (Lipinski definition) is 0. The van der Waals surface area contributed by atoms with E-state index in [4.69, 9.17) is 13.8 Å². The number of oxazole rings is 1. The number of aryl methyl sites for hydroxylation is 2. The molecular weight excluding hydrogens is 608 g/mol. The first-order valence-electron chi connectivity index (χ1n) is 19.2. The molecule has 1 aliphatic heterocycles. The topological polar surface area (TPSA) is 77.3 Å². The maximum absolute atomic E-state index is 13.7. The highest BCUT2D eigenvalue weighted by atomic mass is 16.4. The molecule has 5 aliphatic carbocycles. The minimum atomic E-state index is -0.0161. The van der Waals surface area contributed by atoms with Gasteiger partial charge >= 0.3 is 0 Å². The molecule has 4 bridgehead atoms. The van der Waals surface area contributed by atoms with Crippen molar-refractivity contribution in [2.45, 2.75) is 110 Å². The number of aromatic nitrogens is 3. The summed E-state index contributed by atoms with van der Waals surface area (Å²) in [5.41, 5.74) is 4.60. The Kier molecular flexibility index (Phi) is 9.15. The maximum Gasteiger partial charge on any atom is 0.208 e. The van der Waals surface area contributed by atoms with Crippen molar-refractivity contribution in [3.05, 3.63) is 83.2 Å². The molecule has 0 saturated heterocycles. The zero-order valence-corrected chi connectivity index (χ0v) is 29.8. The van der Waals surface area contributed by atoms with Gasteiger partial charge in [0.2, 0.25) is 5.89 Å². The third kappa shape index (κ3) is 7.10. The summed E-state index contributed by atoms with van der Waals surface area (Å²) < 4.78 is 13.6. The van der Waals surface area contributed by atoms with E-state index >= 15 is 0 Å². The van der Waals surface area contributed by atoms with Gasteiger partial charge in [0.15, 0.2) is 5.78 Å². The third-order valence-electron chi connectivity index (χ3n) is 12.4. The second kappa shape index (κ2) is 13.7. The predicted molar refractivity (Wildman–Crippen MR) is 191 cm³/mol. The highest BCUT2D eigenvalue weighted by molar-refractivity contribution is 5.98. The molecule has 1 atom stereocenters. The van der Waals surface area contributed by atoms with Gasteiger partial charge in [-0.15, -0.1) is 0 Å². The van der Waals surface area contributed by atoms with Crippen LogP contribution in [0, 0.1) is 48.9 Å². The summed E-state index contributed by atoms with van der Waals surface area (Å²) in [6, 6.07) is 14.2. The van der Waals surface area contributed by atoms with Crippen LogP contribution in [0.2, 0.25) is 0 Å². The van der Waals surface area contributed by atoms with Crippen molar-refractivity contribution in [2.24, 2.45) is 35.0 Å². The SMILES string of the molecule is Cc1nc(CN(C)CC23CC4CC(CC(C4)C2)C3)oc1C.O=C(c1nc(-c2ccccc2)n2c1CCCCC2)C(Cc1ccco1)C1CC1. The molecule has 0 spiro atoms. The fourth-order valence-electron chi connectivity index (χ4n) is 10.5. The van der Waals surface area contributed by atoms with Crippen LogP contribution in [0.4, 0.5) is 0 Å². The van der Waals surface area contributed by atoms with Crippen LogP contribution >= 0.6 is 0 Å². The number of benzene rings is 1. The number of nitrogens with zero attached hydrogens (tertiary/aromatic N) is 4. The minimum Gasteiger partial charge on any atom is -0.469 e. The van der Waals surface area contributed by atoms with Gasteiger partial charge in [-0.1, -0.05) is 36.8 Å². The highest BCUT2D eigenvalue weighted by Crippen LogP contribution is 2.60. The highest BCUT2D eigenvalue weighted by Gasteiger charge is 2.51. The van der Waals surface area contributed by atoms with Crippen LogP contribution in [0.1, 0.15) is 110 Å². The summed E-state index contributed by atoms with van der Waals surface area (Å²) >= 11 is 0. The van der Waals surface area contributed by atoms with E-state index in [2.05, 4.69) is 33.6 Å². The summed E-state index contributed by atoms with van der Waals surface area (Å²) in [5, 5.41) is 0. The van der Waals surface area contributed by atoms with Gasteiger partial charge in [0.05, 0.1) is 18.5 Å². The average Bonchev–Trinajstić information content (AvgIpc) is 3.63. The van der Waals surface area contributed by atoms with Crippen LogP contribution in [0.5, 0.6) is 0 Å². The molecule has 49 heavy (non-hydrogen) atoms. The molecule has 6 aliphatic rings. The monoisotopic (exact) mass is 662 g/mol. The first-order valence-corrected chi connectivity index (χ1v) is 19.2. The smallest absolute Gasteiger partial charge is 0.208 e. The summed E-state index contributed by atoms with van der Waals surface area (Å²) in [6.07, 6.45) is 18.1. The standard InChI is InChI=1S/C24H26N2O2.C18H28N2O/c27-23(20(17-12-13-17)16-19-10-7-15-28-19)22-21-11-5-2-6-14-26(21)24(25-22)18-8-3-1-4-9-18;1-12-13(2)21-17(19-12)10-20(3)11-18-7-14-4-15(8-18)6-16(5-14)9-18/h1,3-4,7-10,15,17,20H,2,5-6,11-14,16H2;14-16H,4-11H2,1-3H3.